The molecule has 0 radical (unpaired) electrons. The monoisotopic (exact) mass is 294 g/mol. The molecule has 3 nitrogen and oxygen atoms in total. The highest BCUT2D eigenvalue weighted by atomic mass is 16.3. The number of para-hydroxylation sites is 1. The summed E-state index contributed by atoms with van der Waals surface area (Å²) in [6.07, 6.45) is 1.61. The molecule has 1 atom stereocenters. The second-order valence-electron chi connectivity index (χ2n) is 6.20. The van der Waals surface area contributed by atoms with Crippen LogP contribution in [0.15, 0.2) is 72.2 Å². The second-order valence-corrected chi connectivity index (χ2v) is 6.20. The van der Waals surface area contributed by atoms with Crippen LogP contribution in [0.2, 0.25) is 0 Å². The van der Waals surface area contributed by atoms with Crippen LogP contribution < -0.4 is 10.6 Å². The first-order valence-electron chi connectivity index (χ1n) is 7.66. The Balaban J connectivity index is 2.02. The maximum Gasteiger partial charge on any atom is 0.210 e. The third-order valence-electron chi connectivity index (χ3n) is 4.53. The molecule has 0 fully saturated rings. The van der Waals surface area contributed by atoms with Crippen molar-refractivity contribution in [3.8, 4) is 0 Å². The van der Waals surface area contributed by atoms with Gasteiger partial charge in [-0.15, -0.1) is 0 Å². The maximum absolute atomic E-state index is 10.5. The third-order valence-corrected chi connectivity index (χ3v) is 4.53. The maximum atomic E-state index is 10.5. The van der Waals surface area contributed by atoms with Crippen LogP contribution in [0.4, 0.5) is 5.69 Å². The van der Waals surface area contributed by atoms with E-state index in [1.54, 1.807) is 0 Å². The summed E-state index contributed by atoms with van der Waals surface area (Å²) < 4.78 is 0. The van der Waals surface area contributed by atoms with Crippen molar-refractivity contribution in [1.29, 1.82) is 0 Å². The zero-order valence-electron chi connectivity index (χ0n) is 12.9. The van der Waals surface area contributed by atoms with Crippen LogP contribution in [0, 0.1) is 0 Å². The molecule has 0 saturated heterocycles. The summed E-state index contributed by atoms with van der Waals surface area (Å²) in [5.41, 5.74) is 8.83. The van der Waals surface area contributed by atoms with Gasteiger partial charge in [-0.2, -0.15) is 0 Å². The van der Waals surface area contributed by atoms with E-state index in [0.29, 0.717) is 18.7 Å². The molecule has 0 saturated carbocycles. The number of allylic oxidation sites excluding steroid dienone is 1. The standard InChI is InChI=1S/C19H22N2O/c1-19(15-8-4-2-5-9-15)13-12-17(20)18(22)21(14-19)16-10-6-3-7-11-16/h2-11,22H,12-14,20H2,1H3. The van der Waals surface area contributed by atoms with Gasteiger partial charge in [0.2, 0.25) is 5.88 Å². The number of hydrogen-bond acceptors (Lipinski definition) is 3. The van der Waals surface area contributed by atoms with Crippen molar-refractivity contribution >= 4 is 5.69 Å². The minimum atomic E-state index is -0.0633. The van der Waals surface area contributed by atoms with E-state index in [2.05, 4.69) is 31.2 Å². The smallest absolute Gasteiger partial charge is 0.210 e. The second kappa shape index (κ2) is 5.76. The first-order valence-corrected chi connectivity index (χ1v) is 7.66. The predicted molar refractivity (Wildman–Crippen MR) is 90.7 cm³/mol. The normalized spacial score (nSPS) is 22.5. The summed E-state index contributed by atoms with van der Waals surface area (Å²) in [7, 11) is 0. The zero-order valence-corrected chi connectivity index (χ0v) is 12.9. The van der Waals surface area contributed by atoms with E-state index < -0.39 is 0 Å². The van der Waals surface area contributed by atoms with Crippen LogP contribution >= 0.6 is 0 Å². The van der Waals surface area contributed by atoms with Gasteiger partial charge in [-0.05, 0) is 30.5 Å². The zero-order chi connectivity index (χ0) is 15.6. The van der Waals surface area contributed by atoms with Crippen molar-refractivity contribution in [2.24, 2.45) is 5.73 Å². The summed E-state index contributed by atoms with van der Waals surface area (Å²) in [5, 5.41) is 10.5. The Morgan fingerprint density at radius 1 is 1.00 bits per heavy atom. The van der Waals surface area contributed by atoms with E-state index in [0.717, 1.165) is 12.1 Å². The van der Waals surface area contributed by atoms with Crippen molar-refractivity contribution in [1.82, 2.24) is 0 Å². The molecular formula is C19H22N2O. The number of aliphatic hydroxyl groups is 1. The van der Waals surface area contributed by atoms with Gasteiger partial charge in [0.05, 0.1) is 5.70 Å². The highest BCUT2D eigenvalue weighted by Gasteiger charge is 2.34. The van der Waals surface area contributed by atoms with Crippen LogP contribution in [0.1, 0.15) is 25.3 Å². The van der Waals surface area contributed by atoms with Crippen LogP contribution in [0.5, 0.6) is 0 Å². The molecule has 3 heteroatoms. The quantitative estimate of drug-likeness (QED) is 0.882. The number of nitrogens with two attached hydrogens (primary N) is 1. The highest BCUT2D eigenvalue weighted by Crippen LogP contribution is 2.36. The molecule has 1 heterocycles. The fourth-order valence-corrected chi connectivity index (χ4v) is 3.10. The van der Waals surface area contributed by atoms with Gasteiger partial charge in [0.1, 0.15) is 0 Å². The van der Waals surface area contributed by atoms with Gasteiger partial charge in [0, 0.05) is 17.6 Å². The summed E-state index contributed by atoms with van der Waals surface area (Å²) in [6.45, 7) is 2.94. The minimum Gasteiger partial charge on any atom is -0.493 e. The Bertz CT molecular complexity index is 666. The molecule has 1 aliphatic rings. The number of anilines is 1. The molecule has 1 aliphatic heterocycles. The van der Waals surface area contributed by atoms with Gasteiger partial charge < -0.3 is 15.7 Å². The molecule has 0 aliphatic carbocycles. The Hall–Kier alpha value is -2.42. The molecular weight excluding hydrogens is 272 g/mol. The lowest BCUT2D eigenvalue weighted by Crippen LogP contribution is -2.37. The molecule has 3 N–H and O–H groups in total. The molecule has 22 heavy (non-hydrogen) atoms. The van der Waals surface area contributed by atoms with Crippen LogP contribution in [0.3, 0.4) is 0 Å². The van der Waals surface area contributed by atoms with Crippen molar-refractivity contribution < 1.29 is 5.11 Å². The largest absolute Gasteiger partial charge is 0.493 e. The molecule has 0 amide bonds. The average molecular weight is 294 g/mol. The average Bonchev–Trinajstić information content (AvgIpc) is 2.69. The molecule has 0 spiro atoms. The van der Waals surface area contributed by atoms with Crippen molar-refractivity contribution in [3.05, 3.63) is 77.8 Å². The molecule has 0 aromatic heterocycles. The lowest BCUT2D eigenvalue weighted by molar-refractivity contribution is 0.371. The lowest BCUT2D eigenvalue weighted by atomic mass is 9.78. The molecule has 114 valence electrons. The molecule has 1 unspecified atom stereocenters. The van der Waals surface area contributed by atoms with E-state index >= 15 is 0 Å². The van der Waals surface area contributed by atoms with E-state index in [4.69, 9.17) is 5.73 Å². The molecule has 2 aromatic carbocycles. The van der Waals surface area contributed by atoms with Crippen molar-refractivity contribution in [3.63, 3.8) is 0 Å². The number of nitrogens with zero attached hydrogens (tertiary/aromatic N) is 1. The summed E-state index contributed by atoms with van der Waals surface area (Å²) in [4.78, 5) is 1.93. The van der Waals surface area contributed by atoms with E-state index in [1.807, 2.05) is 41.3 Å². The summed E-state index contributed by atoms with van der Waals surface area (Å²) in [6, 6.07) is 20.4. The van der Waals surface area contributed by atoms with Crippen molar-refractivity contribution in [2.45, 2.75) is 25.2 Å². The third kappa shape index (κ3) is 2.67. The Morgan fingerprint density at radius 2 is 1.59 bits per heavy atom. The SMILES string of the molecule is CC1(c2ccccc2)CCC(N)=C(O)N(c2ccccc2)C1. The lowest BCUT2D eigenvalue weighted by Gasteiger charge is -2.34. The van der Waals surface area contributed by atoms with Crippen LogP contribution in [-0.4, -0.2) is 11.7 Å². The van der Waals surface area contributed by atoms with Crippen LogP contribution in [-0.2, 0) is 5.41 Å². The molecule has 2 aromatic rings. The number of benzene rings is 2. The minimum absolute atomic E-state index is 0.0633. The fourth-order valence-electron chi connectivity index (χ4n) is 3.10. The predicted octanol–water partition coefficient (Wildman–Crippen LogP) is 3.93. The first kappa shape index (κ1) is 14.5. The van der Waals surface area contributed by atoms with Gasteiger partial charge in [0.15, 0.2) is 0 Å². The number of rotatable bonds is 2. The topological polar surface area (TPSA) is 49.5 Å². The van der Waals surface area contributed by atoms with Gasteiger partial charge in [0.25, 0.3) is 0 Å². The number of aliphatic hydroxyl groups excluding tert-OH is 1. The van der Waals surface area contributed by atoms with Gasteiger partial charge in [-0.25, -0.2) is 0 Å². The fraction of sp³-hybridized carbons (Fsp3) is 0.263. The van der Waals surface area contributed by atoms with E-state index in [1.165, 1.54) is 5.56 Å². The molecule has 3 rings (SSSR count). The Kier molecular flexibility index (Phi) is 3.80. The van der Waals surface area contributed by atoms with Gasteiger partial charge in [-0.3, -0.25) is 0 Å². The highest BCUT2D eigenvalue weighted by molar-refractivity contribution is 5.53. The van der Waals surface area contributed by atoms with Crippen LogP contribution in [0.25, 0.3) is 0 Å². The Labute approximate surface area is 131 Å². The first-order chi connectivity index (χ1) is 10.6. The summed E-state index contributed by atoms with van der Waals surface area (Å²) >= 11 is 0. The van der Waals surface area contributed by atoms with E-state index in [-0.39, 0.29) is 11.3 Å². The Morgan fingerprint density at radius 3 is 2.23 bits per heavy atom. The van der Waals surface area contributed by atoms with Gasteiger partial charge in [-0.1, -0.05) is 55.5 Å². The van der Waals surface area contributed by atoms with Gasteiger partial charge >= 0.3 is 0 Å². The van der Waals surface area contributed by atoms with E-state index in [9.17, 15) is 5.11 Å². The molecule has 0 bridgehead atoms. The summed E-state index contributed by atoms with van der Waals surface area (Å²) in [5.74, 6) is 0.186. The van der Waals surface area contributed by atoms with Crippen molar-refractivity contribution in [2.75, 3.05) is 11.4 Å². The number of hydrogen-bond donors (Lipinski definition) is 2.